The number of ether oxygens (including phenoxy) is 2. The van der Waals surface area contributed by atoms with Crippen molar-refractivity contribution in [1.82, 2.24) is 5.32 Å². The number of rotatable bonds is 7. The molecule has 1 N–H and O–H groups in total. The highest BCUT2D eigenvalue weighted by Gasteiger charge is 2.14. The zero-order valence-corrected chi connectivity index (χ0v) is 14.6. The molecule has 2 rings (SSSR count). The first kappa shape index (κ1) is 17.4. The first-order chi connectivity index (χ1) is 11.0. The Morgan fingerprint density at radius 3 is 2.30 bits per heavy atom. The third-order valence-corrected chi connectivity index (χ3v) is 3.40. The number of hydrogen-bond donors (Lipinski definition) is 1. The fourth-order valence-corrected chi connectivity index (χ4v) is 2.22. The van der Waals surface area contributed by atoms with Gasteiger partial charge in [0, 0.05) is 17.6 Å². The van der Waals surface area contributed by atoms with Crippen molar-refractivity contribution in [3.63, 3.8) is 0 Å². The Morgan fingerprint density at radius 1 is 0.913 bits per heavy atom. The van der Waals surface area contributed by atoms with E-state index in [1.165, 1.54) is 0 Å². The van der Waals surface area contributed by atoms with Crippen LogP contribution in [0.15, 0.2) is 48.5 Å². The summed E-state index contributed by atoms with van der Waals surface area (Å²) in [5, 5.41) is 3.51. The van der Waals surface area contributed by atoms with Gasteiger partial charge in [-0.1, -0.05) is 42.5 Å². The number of nitrogens with one attached hydrogen (secondary N) is 1. The van der Waals surface area contributed by atoms with Gasteiger partial charge in [0.1, 0.15) is 6.61 Å². The molecule has 0 amide bonds. The summed E-state index contributed by atoms with van der Waals surface area (Å²) in [5.41, 5.74) is 2.31. The molecule has 0 heterocycles. The second-order valence-electron chi connectivity index (χ2n) is 6.56. The molecular formula is C20H27NO2. The van der Waals surface area contributed by atoms with E-state index >= 15 is 0 Å². The maximum atomic E-state index is 6.11. The highest BCUT2D eigenvalue weighted by atomic mass is 16.5. The van der Waals surface area contributed by atoms with E-state index in [1.807, 2.05) is 37.3 Å². The molecule has 2 aromatic rings. The van der Waals surface area contributed by atoms with Gasteiger partial charge in [0.05, 0.1) is 6.61 Å². The van der Waals surface area contributed by atoms with E-state index < -0.39 is 0 Å². The molecule has 0 aliphatic carbocycles. The zero-order valence-electron chi connectivity index (χ0n) is 14.6. The highest BCUT2D eigenvalue weighted by Crippen LogP contribution is 2.32. The molecule has 0 aliphatic rings. The molecular weight excluding hydrogens is 286 g/mol. The van der Waals surface area contributed by atoms with Gasteiger partial charge in [0.25, 0.3) is 0 Å². The minimum atomic E-state index is 0.0539. The Bertz CT molecular complexity index is 603. The van der Waals surface area contributed by atoms with Crippen molar-refractivity contribution in [2.45, 2.75) is 46.4 Å². The van der Waals surface area contributed by atoms with Gasteiger partial charge in [-0.2, -0.15) is 0 Å². The molecule has 0 aliphatic heterocycles. The van der Waals surface area contributed by atoms with Crippen LogP contribution in [0.25, 0.3) is 0 Å². The predicted molar refractivity (Wildman–Crippen MR) is 95.0 cm³/mol. The Morgan fingerprint density at radius 2 is 1.65 bits per heavy atom. The second kappa shape index (κ2) is 8.02. The van der Waals surface area contributed by atoms with Crippen molar-refractivity contribution in [2.24, 2.45) is 0 Å². The summed E-state index contributed by atoms with van der Waals surface area (Å²) in [6, 6.07) is 16.2. The SMILES string of the molecule is CCOc1cccc(CNC(C)(C)C)c1OCc1ccccc1. The third kappa shape index (κ3) is 5.61. The van der Waals surface area contributed by atoms with Crippen LogP contribution in [-0.2, 0) is 13.2 Å². The lowest BCUT2D eigenvalue weighted by Gasteiger charge is -2.22. The lowest BCUT2D eigenvalue weighted by atomic mass is 10.1. The number of hydrogen-bond acceptors (Lipinski definition) is 3. The first-order valence-electron chi connectivity index (χ1n) is 8.16. The van der Waals surface area contributed by atoms with Gasteiger partial charge in [-0.25, -0.2) is 0 Å². The Hall–Kier alpha value is -2.00. The van der Waals surface area contributed by atoms with Gasteiger partial charge in [0.2, 0.25) is 0 Å². The summed E-state index contributed by atoms with van der Waals surface area (Å²) in [6.07, 6.45) is 0. The molecule has 2 aromatic carbocycles. The van der Waals surface area contributed by atoms with Crippen LogP contribution < -0.4 is 14.8 Å². The second-order valence-corrected chi connectivity index (χ2v) is 6.56. The first-order valence-corrected chi connectivity index (χ1v) is 8.16. The van der Waals surface area contributed by atoms with Gasteiger partial charge in [-0.05, 0) is 39.3 Å². The minimum Gasteiger partial charge on any atom is -0.490 e. The van der Waals surface area contributed by atoms with Crippen LogP contribution in [0, 0.1) is 0 Å². The van der Waals surface area contributed by atoms with Gasteiger partial charge >= 0.3 is 0 Å². The number of benzene rings is 2. The molecule has 0 fully saturated rings. The topological polar surface area (TPSA) is 30.5 Å². The molecule has 3 heteroatoms. The summed E-state index contributed by atoms with van der Waals surface area (Å²) in [5.74, 6) is 1.63. The fraction of sp³-hybridized carbons (Fsp3) is 0.400. The third-order valence-electron chi connectivity index (χ3n) is 3.40. The van der Waals surface area contributed by atoms with Gasteiger partial charge < -0.3 is 14.8 Å². The van der Waals surface area contributed by atoms with Crippen LogP contribution in [0.1, 0.15) is 38.8 Å². The molecule has 0 bridgehead atoms. The summed E-state index contributed by atoms with van der Waals surface area (Å²) in [7, 11) is 0. The smallest absolute Gasteiger partial charge is 0.166 e. The van der Waals surface area contributed by atoms with Gasteiger partial charge in [-0.3, -0.25) is 0 Å². The standard InChI is InChI=1S/C20H27NO2/c1-5-22-18-13-9-12-17(14-21-20(2,3)4)19(18)23-15-16-10-7-6-8-11-16/h6-13,21H,5,14-15H2,1-4H3. The molecule has 0 saturated heterocycles. The van der Waals surface area contributed by atoms with Crippen molar-refractivity contribution in [3.05, 3.63) is 59.7 Å². The van der Waals surface area contributed by atoms with E-state index in [0.29, 0.717) is 13.2 Å². The largest absolute Gasteiger partial charge is 0.490 e. The average molecular weight is 313 g/mol. The molecule has 23 heavy (non-hydrogen) atoms. The van der Waals surface area contributed by atoms with E-state index in [2.05, 4.69) is 44.3 Å². The van der Waals surface area contributed by atoms with Crippen LogP contribution in [0.4, 0.5) is 0 Å². The van der Waals surface area contributed by atoms with Gasteiger partial charge in [0.15, 0.2) is 11.5 Å². The van der Waals surface area contributed by atoms with Crippen LogP contribution in [0.3, 0.4) is 0 Å². The van der Waals surface area contributed by atoms with E-state index in [4.69, 9.17) is 9.47 Å². The molecule has 3 nitrogen and oxygen atoms in total. The summed E-state index contributed by atoms with van der Waals surface area (Å²) < 4.78 is 11.9. The van der Waals surface area contributed by atoms with E-state index in [0.717, 1.165) is 29.2 Å². The van der Waals surface area contributed by atoms with Crippen LogP contribution in [-0.4, -0.2) is 12.1 Å². The van der Waals surface area contributed by atoms with Crippen LogP contribution >= 0.6 is 0 Å². The predicted octanol–water partition coefficient (Wildman–Crippen LogP) is 4.55. The van der Waals surface area contributed by atoms with Crippen molar-refractivity contribution in [1.29, 1.82) is 0 Å². The molecule has 0 saturated carbocycles. The van der Waals surface area contributed by atoms with Crippen molar-refractivity contribution >= 4 is 0 Å². The van der Waals surface area contributed by atoms with Crippen LogP contribution in [0.2, 0.25) is 0 Å². The Kier molecular flexibility index (Phi) is 6.05. The van der Waals surface area contributed by atoms with E-state index in [1.54, 1.807) is 0 Å². The lowest BCUT2D eigenvalue weighted by molar-refractivity contribution is 0.265. The molecule has 0 spiro atoms. The average Bonchev–Trinajstić information content (AvgIpc) is 2.52. The summed E-state index contributed by atoms with van der Waals surface area (Å²) >= 11 is 0. The molecule has 124 valence electrons. The van der Waals surface area contributed by atoms with Crippen molar-refractivity contribution in [2.75, 3.05) is 6.61 Å². The molecule has 0 atom stereocenters. The monoisotopic (exact) mass is 313 g/mol. The van der Waals surface area contributed by atoms with E-state index in [9.17, 15) is 0 Å². The molecule has 0 unspecified atom stereocenters. The molecule has 0 aromatic heterocycles. The quantitative estimate of drug-likeness (QED) is 0.813. The molecule has 0 radical (unpaired) electrons. The maximum Gasteiger partial charge on any atom is 0.166 e. The highest BCUT2D eigenvalue weighted by molar-refractivity contribution is 5.46. The zero-order chi connectivity index (χ0) is 16.7. The van der Waals surface area contributed by atoms with Crippen molar-refractivity contribution in [3.8, 4) is 11.5 Å². The maximum absolute atomic E-state index is 6.11. The van der Waals surface area contributed by atoms with Crippen molar-refractivity contribution < 1.29 is 9.47 Å². The van der Waals surface area contributed by atoms with Crippen LogP contribution in [0.5, 0.6) is 11.5 Å². The normalized spacial score (nSPS) is 11.3. The minimum absolute atomic E-state index is 0.0539. The Labute approximate surface area is 139 Å². The fourth-order valence-electron chi connectivity index (χ4n) is 2.22. The van der Waals surface area contributed by atoms with Gasteiger partial charge in [-0.15, -0.1) is 0 Å². The van der Waals surface area contributed by atoms with E-state index in [-0.39, 0.29) is 5.54 Å². The summed E-state index contributed by atoms with van der Waals surface area (Å²) in [4.78, 5) is 0. The summed E-state index contributed by atoms with van der Waals surface area (Å²) in [6.45, 7) is 10.4. The lowest BCUT2D eigenvalue weighted by Crippen LogP contribution is -2.35. The number of para-hydroxylation sites is 1. The Balaban J connectivity index is 2.18.